The zero-order chi connectivity index (χ0) is 24.0. The Morgan fingerprint density at radius 3 is 2.34 bits per heavy atom. The molecule has 2 bridgehead atoms. The maximum absolute atomic E-state index is 13.4. The highest BCUT2D eigenvalue weighted by molar-refractivity contribution is 5.89. The van der Waals surface area contributed by atoms with Gasteiger partial charge in [0.05, 0.1) is 34.0 Å². The van der Waals surface area contributed by atoms with Gasteiger partial charge >= 0.3 is 6.18 Å². The van der Waals surface area contributed by atoms with E-state index in [9.17, 15) is 33.3 Å². The second-order valence-electron chi connectivity index (χ2n) is 8.67. The fraction of sp³-hybridized carbons (Fsp3) is 0.429. The lowest BCUT2D eigenvalue weighted by Crippen LogP contribution is -2.57. The molecule has 1 aromatic carbocycles. The average molecular weight is 451 g/mol. The van der Waals surface area contributed by atoms with Crippen LogP contribution in [-0.2, 0) is 26.9 Å². The van der Waals surface area contributed by atoms with E-state index in [4.69, 9.17) is 10.00 Å². The SMILES string of the molecule is CN(C)C(=O)[C@]1(O)C[C@@]2(C)O[C@]1(C)c1c2c(O)n(-c2ccc(C#N)c(C(F)(F)F)c2)c1O. The monoisotopic (exact) mass is 451 g/mol. The van der Waals surface area contributed by atoms with Crippen LogP contribution in [0, 0.1) is 11.3 Å². The van der Waals surface area contributed by atoms with Crippen LogP contribution in [0.15, 0.2) is 18.2 Å². The van der Waals surface area contributed by atoms with Crippen molar-refractivity contribution in [2.45, 2.75) is 43.2 Å². The number of nitrogens with zero attached hydrogens (tertiary/aromatic N) is 3. The van der Waals surface area contributed by atoms with E-state index in [1.165, 1.54) is 38.9 Å². The first-order valence-corrected chi connectivity index (χ1v) is 9.56. The van der Waals surface area contributed by atoms with Gasteiger partial charge in [0.15, 0.2) is 5.60 Å². The lowest BCUT2D eigenvalue weighted by atomic mass is 9.69. The molecule has 0 aliphatic carbocycles. The van der Waals surface area contributed by atoms with Gasteiger partial charge in [0.25, 0.3) is 5.91 Å². The lowest BCUT2D eigenvalue weighted by molar-refractivity contribution is -0.171. The summed E-state index contributed by atoms with van der Waals surface area (Å²) < 4.78 is 47.0. The summed E-state index contributed by atoms with van der Waals surface area (Å²) >= 11 is 0. The predicted molar refractivity (Wildman–Crippen MR) is 103 cm³/mol. The summed E-state index contributed by atoms with van der Waals surface area (Å²) in [5.74, 6) is -1.94. The molecule has 1 fully saturated rings. The van der Waals surface area contributed by atoms with Crippen LogP contribution in [0.3, 0.4) is 0 Å². The van der Waals surface area contributed by atoms with Crippen molar-refractivity contribution in [1.29, 1.82) is 5.26 Å². The third-order valence-electron chi connectivity index (χ3n) is 6.39. The van der Waals surface area contributed by atoms with E-state index in [1.54, 1.807) is 0 Å². The average Bonchev–Trinajstić information content (AvgIpc) is 3.19. The highest BCUT2D eigenvalue weighted by Gasteiger charge is 2.74. The zero-order valence-electron chi connectivity index (χ0n) is 17.6. The van der Waals surface area contributed by atoms with E-state index in [0.717, 1.165) is 16.7 Å². The Labute approximate surface area is 180 Å². The van der Waals surface area contributed by atoms with Crippen LogP contribution in [0.2, 0.25) is 0 Å². The van der Waals surface area contributed by atoms with Crippen molar-refractivity contribution in [3.05, 3.63) is 40.5 Å². The molecule has 32 heavy (non-hydrogen) atoms. The molecule has 0 radical (unpaired) electrons. The molecule has 3 heterocycles. The zero-order valence-corrected chi connectivity index (χ0v) is 17.6. The fourth-order valence-corrected chi connectivity index (χ4v) is 5.02. The van der Waals surface area contributed by atoms with E-state index in [0.29, 0.717) is 6.07 Å². The highest BCUT2D eigenvalue weighted by atomic mass is 19.4. The molecule has 1 amide bonds. The number of benzene rings is 1. The summed E-state index contributed by atoms with van der Waals surface area (Å²) in [7, 11) is 2.88. The maximum atomic E-state index is 13.4. The number of nitriles is 1. The van der Waals surface area contributed by atoms with Gasteiger partial charge < -0.3 is 25.0 Å². The molecule has 1 saturated heterocycles. The number of likely N-dealkylation sites (N-methyl/N-ethyl adjacent to an activating group) is 1. The number of fused-ring (bicyclic) bond motifs is 5. The standard InChI is InChI=1S/C21H20F3N3O5/c1-18-9-20(31,17(30)26(3)4)19(2,32-18)14-13(18)15(28)27(16(14)29)11-6-5-10(8-25)12(7-11)21(22,23)24/h5-7,28-29,31H,9H2,1-4H3/t18-,19-,20-/m1/s1. The number of aromatic hydroxyl groups is 2. The molecule has 0 spiro atoms. The van der Waals surface area contributed by atoms with Gasteiger partial charge in [0, 0.05) is 20.5 Å². The Kier molecular flexibility index (Phi) is 4.24. The number of hydrogen-bond donors (Lipinski definition) is 3. The molecule has 1 aromatic heterocycles. The predicted octanol–water partition coefficient (Wildman–Crippen LogP) is 2.46. The van der Waals surface area contributed by atoms with E-state index in [-0.39, 0.29) is 23.2 Å². The molecule has 2 aromatic rings. The summed E-state index contributed by atoms with van der Waals surface area (Å²) in [5, 5.41) is 42.2. The summed E-state index contributed by atoms with van der Waals surface area (Å²) in [5.41, 5.74) is -7.37. The number of aliphatic hydroxyl groups is 1. The van der Waals surface area contributed by atoms with Crippen LogP contribution in [-0.4, -0.2) is 50.4 Å². The third kappa shape index (κ3) is 2.47. The molecule has 2 aliphatic rings. The number of rotatable bonds is 2. The van der Waals surface area contributed by atoms with Crippen LogP contribution in [0.1, 0.15) is 42.5 Å². The molecular formula is C21H20F3N3O5. The van der Waals surface area contributed by atoms with Crippen molar-refractivity contribution in [3.63, 3.8) is 0 Å². The minimum absolute atomic E-state index is 0.0756. The van der Waals surface area contributed by atoms with Crippen molar-refractivity contribution in [1.82, 2.24) is 9.47 Å². The van der Waals surface area contributed by atoms with Crippen LogP contribution in [0.5, 0.6) is 11.8 Å². The molecular weight excluding hydrogens is 431 g/mol. The molecule has 8 nitrogen and oxygen atoms in total. The number of halogens is 3. The Balaban J connectivity index is 1.97. The molecule has 0 unspecified atom stereocenters. The summed E-state index contributed by atoms with van der Waals surface area (Å²) in [6, 6.07) is 4.19. The smallest absolute Gasteiger partial charge is 0.417 e. The molecule has 170 valence electrons. The number of carbonyl (C=O) groups is 1. The van der Waals surface area contributed by atoms with E-state index < -0.39 is 51.8 Å². The van der Waals surface area contributed by atoms with Crippen LogP contribution >= 0.6 is 0 Å². The quantitative estimate of drug-likeness (QED) is 0.646. The number of alkyl halides is 3. The van der Waals surface area contributed by atoms with Gasteiger partial charge in [0.1, 0.15) is 11.2 Å². The van der Waals surface area contributed by atoms with Crippen molar-refractivity contribution in [2.24, 2.45) is 0 Å². The van der Waals surface area contributed by atoms with Crippen molar-refractivity contribution < 1.29 is 38.0 Å². The van der Waals surface area contributed by atoms with Crippen molar-refractivity contribution in [3.8, 4) is 23.5 Å². The molecule has 2 aliphatic heterocycles. The fourth-order valence-electron chi connectivity index (χ4n) is 5.02. The molecule has 3 atom stereocenters. The molecule has 0 saturated carbocycles. The summed E-state index contributed by atoms with van der Waals surface area (Å²) in [6.07, 6.45) is -5.08. The van der Waals surface area contributed by atoms with Gasteiger partial charge in [-0.1, -0.05) is 0 Å². The molecule has 3 N–H and O–H groups in total. The number of aromatic nitrogens is 1. The summed E-state index contributed by atoms with van der Waals surface area (Å²) in [6.45, 7) is 2.90. The number of carbonyl (C=O) groups excluding carboxylic acids is 1. The van der Waals surface area contributed by atoms with Crippen LogP contribution < -0.4 is 0 Å². The second kappa shape index (κ2) is 6.17. The van der Waals surface area contributed by atoms with Crippen LogP contribution in [0.25, 0.3) is 5.69 Å². The first kappa shape index (κ1) is 22.0. The minimum Gasteiger partial charge on any atom is -0.494 e. The van der Waals surface area contributed by atoms with E-state index in [1.807, 2.05) is 0 Å². The van der Waals surface area contributed by atoms with E-state index >= 15 is 0 Å². The largest absolute Gasteiger partial charge is 0.494 e. The van der Waals surface area contributed by atoms with Gasteiger partial charge in [-0.25, -0.2) is 0 Å². The Morgan fingerprint density at radius 2 is 1.81 bits per heavy atom. The molecule has 11 heteroatoms. The number of ether oxygens (including phenoxy) is 1. The van der Waals surface area contributed by atoms with Crippen molar-refractivity contribution in [2.75, 3.05) is 14.1 Å². The third-order valence-corrected chi connectivity index (χ3v) is 6.39. The Morgan fingerprint density at radius 1 is 1.22 bits per heavy atom. The number of hydrogen-bond acceptors (Lipinski definition) is 6. The highest BCUT2D eigenvalue weighted by Crippen LogP contribution is 2.68. The molecule has 4 rings (SSSR count). The summed E-state index contributed by atoms with van der Waals surface area (Å²) in [4.78, 5) is 14.0. The van der Waals surface area contributed by atoms with E-state index in [2.05, 4.69) is 0 Å². The van der Waals surface area contributed by atoms with Gasteiger partial charge in [-0.2, -0.15) is 18.4 Å². The van der Waals surface area contributed by atoms with Gasteiger partial charge in [-0.05, 0) is 32.0 Å². The van der Waals surface area contributed by atoms with Gasteiger partial charge in [0.2, 0.25) is 11.8 Å². The van der Waals surface area contributed by atoms with Gasteiger partial charge in [-0.3, -0.25) is 9.36 Å². The van der Waals surface area contributed by atoms with Gasteiger partial charge in [-0.15, -0.1) is 0 Å². The van der Waals surface area contributed by atoms with Crippen LogP contribution in [0.4, 0.5) is 13.2 Å². The first-order chi connectivity index (χ1) is 14.6. The second-order valence-corrected chi connectivity index (χ2v) is 8.67. The maximum Gasteiger partial charge on any atom is 0.417 e. The topological polar surface area (TPSA) is 119 Å². The lowest BCUT2D eigenvalue weighted by Gasteiger charge is -2.38. The Hall–Kier alpha value is -3.23. The Bertz CT molecular complexity index is 1210. The number of amides is 1. The normalized spacial score (nSPS) is 28.5. The van der Waals surface area contributed by atoms with Crippen molar-refractivity contribution >= 4 is 5.91 Å². The first-order valence-electron chi connectivity index (χ1n) is 9.56. The minimum atomic E-state index is -4.85.